The summed E-state index contributed by atoms with van der Waals surface area (Å²) in [4.78, 5) is 0. The van der Waals surface area contributed by atoms with Gasteiger partial charge in [0.2, 0.25) is 8.32 Å². The number of hydrogen-bond acceptors (Lipinski definition) is 1. The molecule has 0 aromatic heterocycles. The zero-order valence-electron chi connectivity index (χ0n) is 16.7. The standard InChI is InChI=1S/C22H38OSi/c1-21-12-6-7-19(21)18-9-8-16-15-17(23-24(3,4)5)10-14-22(16,2)20(18)11-13-21/h15-16,18-20H,6-14H2,1-5H3. The SMILES string of the molecule is CC12CCCC1C1CCC3C=C(O[Si](C)(C)C)CCC3(C)C1CC2. The summed E-state index contributed by atoms with van der Waals surface area (Å²) in [6.45, 7) is 12.2. The van der Waals surface area contributed by atoms with Gasteiger partial charge in [-0.05, 0) is 105 Å². The second-order valence-electron chi connectivity index (χ2n) is 11.0. The van der Waals surface area contributed by atoms with Crippen molar-refractivity contribution in [2.24, 2.45) is 34.5 Å². The van der Waals surface area contributed by atoms with Crippen molar-refractivity contribution in [3.8, 4) is 0 Å². The highest BCUT2D eigenvalue weighted by Gasteiger charge is 2.57. The van der Waals surface area contributed by atoms with Crippen LogP contribution < -0.4 is 0 Å². The van der Waals surface area contributed by atoms with Gasteiger partial charge in [-0.2, -0.15) is 0 Å². The molecule has 136 valence electrons. The Balaban J connectivity index is 1.57. The summed E-state index contributed by atoms with van der Waals surface area (Å²) in [6, 6.07) is 0. The molecule has 2 heteroatoms. The number of allylic oxidation sites excluding steroid dienone is 2. The maximum absolute atomic E-state index is 6.39. The van der Waals surface area contributed by atoms with Crippen LogP contribution in [0.1, 0.15) is 71.6 Å². The topological polar surface area (TPSA) is 9.23 Å². The van der Waals surface area contributed by atoms with Gasteiger partial charge in [-0.3, -0.25) is 0 Å². The smallest absolute Gasteiger partial charge is 0.241 e. The Bertz CT molecular complexity index is 533. The van der Waals surface area contributed by atoms with Gasteiger partial charge in [-0.25, -0.2) is 0 Å². The largest absolute Gasteiger partial charge is 0.548 e. The molecule has 0 radical (unpaired) electrons. The Hall–Kier alpha value is -0.243. The zero-order chi connectivity index (χ0) is 17.2. The van der Waals surface area contributed by atoms with Crippen LogP contribution >= 0.6 is 0 Å². The Morgan fingerprint density at radius 2 is 1.75 bits per heavy atom. The molecule has 24 heavy (non-hydrogen) atoms. The van der Waals surface area contributed by atoms with E-state index in [0.717, 1.165) is 23.7 Å². The molecule has 0 saturated heterocycles. The van der Waals surface area contributed by atoms with Crippen LogP contribution in [0.25, 0.3) is 0 Å². The lowest BCUT2D eigenvalue weighted by molar-refractivity contribution is -0.0835. The van der Waals surface area contributed by atoms with Crippen molar-refractivity contribution in [3.63, 3.8) is 0 Å². The Morgan fingerprint density at radius 1 is 0.958 bits per heavy atom. The summed E-state index contributed by atoms with van der Waals surface area (Å²) in [7, 11) is -1.46. The fraction of sp³-hybridized carbons (Fsp3) is 0.909. The first-order chi connectivity index (χ1) is 11.2. The molecular weight excluding hydrogens is 308 g/mol. The molecule has 4 aliphatic carbocycles. The van der Waals surface area contributed by atoms with Crippen molar-refractivity contribution < 1.29 is 4.43 Å². The second kappa shape index (κ2) is 5.63. The van der Waals surface area contributed by atoms with E-state index in [9.17, 15) is 0 Å². The van der Waals surface area contributed by atoms with E-state index in [1.807, 2.05) is 0 Å². The summed E-state index contributed by atoms with van der Waals surface area (Å²) < 4.78 is 6.39. The summed E-state index contributed by atoms with van der Waals surface area (Å²) in [5.74, 6) is 5.18. The van der Waals surface area contributed by atoms with Gasteiger partial charge in [0.25, 0.3) is 0 Å². The first-order valence-electron chi connectivity index (χ1n) is 10.6. The average Bonchev–Trinajstić information content (AvgIpc) is 2.88. The van der Waals surface area contributed by atoms with E-state index >= 15 is 0 Å². The molecule has 0 N–H and O–H groups in total. The normalized spacial score (nSPS) is 48.1. The minimum Gasteiger partial charge on any atom is -0.548 e. The minimum absolute atomic E-state index is 0.555. The number of rotatable bonds is 2. The third kappa shape index (κ3) is 2.72. The monoisotopic (exact) mass is 346 g/mol. The van der Waals surface area contributed by atoms with Crippen LogP contribution in [0.4, 0.5) is 0 Å². The highest BCUT2D eigenvalue weighted by atomic mass is 28.4. The predicted octanol–water partition coefficient (Wildman–Crippen LogP) is 6.76. The van der Waals surface area contributed by atoms with E-state index in [1.54, 1.807) is 0 Å². The van der Waals surface area contributed by atoms with Crippen LogP contribution in [0.3, 0.4) is 0 Å². The molecule has 4 aliphatic rings. The second-order valence-corrected chi connectivity index (χ2v) is 15.4. The van der Waals surface area contributed by atoms with Gasteiger partial charge < -0.3 is 4.43 Å². The minimum atomic E-state index is -1.46. The molecule has 0 bridgehead atoms. The van der Waals surface area contributed by atoms with E-state index in [-0.39, 0.29) is 0 Å². The third-order valence-electron chi connectivity index (χ3n) is 8.46. The third-order valence-corrected chi connectivity index (χ3v) is 9.33. The van der Waals surface area contributed by atoms with Gasteiger partial charge in [0.15, 0.2) is 0 Å². The number of fused-ring (bicyclic) bond motifs is 5. The van der Waals surface area contributed by atoms with Crippen molar-refractivity contribution in [1.82, 2.24) is 0 Å². The lowest BCUT2D eigenvalue weighted by atomic mass is 9.46. The fourth-order valence-electron chi connectivity index (χ4n) is 7.30. The van der Waals surface area contributed by atoms with Crippen LogP contribution in [0.15, 0.2) is 11.8 Å². The van der Waals surface area contributed by atoms with Gasteiger partial charge in [0.1, 0.15) is 0 Å². The zero-order valence-corrected chi connectivity index (χ0v) is 17.7. The highest BCUT2D eigenvalue weighted by Crippen LogP contribution is 2.65. The van der Waals surface area contributed by atoms with Gasteiger partial charge in [0, 0.05) is 6.42 Å². The van der Waals surface area contributed by atoms with E-state index in [0.29, 0.717) is 10.8 Å². The van der Waals surface area contributed by atoms with Gasteiger partial charge in [-0.15, -0.1) is 0 Å². The van der Waals surface area contributed by atoms with Crippen molar-refractivity contribution in [2.75, 3.05) is 0 Å². The van der Waals surface area contributed by atoms with Gasteiger partial charge in [-0.1, -0.05) is 20.3 Å². The lowest BCUT2D eigenvalue weighted by Crippen LogP contribution is -2.51. The summed E-state index contributed by atoms with van der Waals surface area (Å²) in [5, 5.41) is 0. The van der Waals surface area contributed by atoms with E-state index in [1.165, 1.54) is 63.5 Å². The van der Waals surface area contributed by atoms with Crippen LogP contribution in [-0.4, -0.2) is 8.32 Å². The molecule has 3 fully saturated rings. The van der Waals surface area contributed by atoms with Crippen molar-refractivity contribution in [1.29, 1.82) is 0 Å². The fourth-order valence-corrected chi connectivity index (χ4v) is 8.26. The lowest BCUT2D eigenvalue weighted by Gasteiger charge is -2.59. The van der Waals surface area contributed by atoms with Gasteiger partial charge in [0.05, 0.1) is 5.76 Å². The molecule has 0 aromatic carbocycles. The molecule has 0 amide bonds. The molecule has 0 aromatic rings. The van der Waals surface area contributed by atoms with Crippen LogP contribution in [-0.2, 0) is 4.43 Å². The number of hydrogen-bond donors (Lipinski definition) is 0. The van der Waals surface area contributed by atoms with E-state index in [2.05, 4.69) is 39.6 Å². The molecule has 4 rings (SSSR count). The molecular formula is C22H38OSi. The maximum Gasteiger partial charge on any atom is 0.241 e. The molecule has 6 atom stereocenters. The average molecular weight is 347 g/mol. The van der Waals surface area contributed by atoms with Gasteiger partial charge >= 0.3 is 0 Å². The Kier molecular flexibility index (Phi) is 4.03. The maximum atomic E-state index is 6.39. The molecule has 6 unspecified atom stereocenters. The van der Waals surface area contributed by atoms with Crippen molar-refractivity contribution >= 4 is 8.32 Å². The molecule has 0 spiro atoms. The summed E-state index contributed by atoms with van der Waals surface area (Å²) >= 11 is 0. The molecule has 0 aliphatic heterocycles. The van der Waals surface area contributed by atoms with E-state index < -0.39 is 8.32 Å². The molecule has 1 nitrogen and oxygen atoms in total. The van der Waals surface area contributed by atoms with Crippen molar-refractivity contribution in [3.05, 3.63) is 11.8 Å². The van der Waals surface area contributed by atoms with E-state index in [4.69, 9.17) is 4.43 Å². The van der Waals surface area contributed by atoms with Crippen LogP contribution in [0, 0.1) is 34.5 Å². The Labute approximate surface area is 150 Å². The highest BCUT2D eigenvalue weighted by molar-refractivity contribution is 6.70. The molecule has 3 saturated carbocycles. The first kappa shape index (κ1) is 17.2. The van der Waals surface area contributed by atoms with Crippen LogP contribution in [0.2, 0.25) is 19.6 Å². The quantitative estimate of drug-likeness (QED) is 0.502. The predicted molar refractivity (Wildman–Crippen MR) is 104 cm³/mol. The summed E-state index contributed by atoms with van der Waals surface area (Å²) in [5.41, 5.74) is 1.25. The van der Waals surface area contributed by atoms with Crippen molar-refractivity contribution in [2.45, 2.75) is 91.3 Å². The first-order valence-corrected chi connectivity index (χ1v) is 14.0. The van der Waals surface area contributed by atoms with Crippen LogP contribution in [0.5, 0.6) is 0 Å². The molecule has 0 heterocycles. The Morgan fingerprint density at radius 3 is 2.50 bits per heavy atom. The summed E-state index contributed by atoms with van der Waals surface area (Å²) in [6.07, 6.45) is 15.6.